The number of benzene rings is 2. The molecule has 0 atom stereocenters. The van der Waals surface area contributed by atoms with Gasteiger partial charge in [0.05, 0.1) is 19.1 Å². The molecule has 0 aliphatic heterocycles. The largest absolute Gasteiger partial charge is 0.495 e. The van der Waals surface area contributed by atoms with Crippen molar-refractivity contribution in [1.82, 2.24) is 0 Å². The highest BCUT2D eigenvalue weighted by Crippen LogP contribution is 2.28. The van der Waals surface area contributed by atoms with E-state index in [1.165, 1.54) is 13.4 Å². The molecule has 0 saturated carbocycles. The van der Waals surface area contributed by atoms with Crippen LogP contribution >= 0.6 is 0 Å². The molecule has 1 heterocycles. The van der Waals surface area contributed by atoms with Gasteiger partial charge in [0.1, 0.15) is 11.5 Å². The van der Waals surface area contributed by atoms with Crippen molar-refractivity contribution in [2.24, 2.45) is 0 Å². The summed E-state index contributed by atoms with van der Waals surface area (Å²) in [6.45, 7) is 1.75. The van der Waals surface area contributed by atoms with Crippen molar-refractivity contribution < 1.29 is 23.5 Å². The number of furan rings is 1. The van der Waals surface area contributed by atoms with E-state index in [2.05, 4.69) is 10.6 Å². The molecule has 2 N–H and O–H groups in total. The van der Waals surface area contributed by atoms with E-state index in [1.807, 2.05) is 25.1 Å². The number of anilines is 2. The smallest absolute Gasteiger partial charge is 0.291 e. The Labute approximate surface area is 162 Å². The molecule has 0 fully saturated rings. The molecule has 0 bridgehead atoms. The summed E-state index contributed by atoms with van der Waals surface area (Å²) in [5, 5.41) is 5.44. The number of ether oxygens (including phenoxy) is 2. The van der Waals surface area contributed by atoms with Crippen molar-refractivity contribution in [3.8, 4) is 11.5 Å². The lowest BCUT2D eigenvalue weighted by Gasteiger charge is -2.13. The summed E-state index contributed by atoms with van der Waals surface area (Å²) in [5.41, 5.74) is 1.84. The minimum absolute atomic E-state index is 0.156. The number of nitrogens with one attached hydrogen (secondary N) is 2. The molecule has 0 aliphatic rings. The van der Waals surface area contributed by atoms with Gasteiger partial charge >= 0.3 is 0 Å². The molecule has 2 amide bonds. The maximum atomic E-state index is 12.3. The molecule has 1 aromatic heterocycles. The fraction of sp³-hybridized carbons (Fsp3) is 0.143. The normalized spacial score (nSPS) is 10.2. The highest BCUT2D eigenvalue weighted by molar-refractivity contribution is 6.03. The van der Waals surface area contributed by atoms with Crippen molar-refractivity contribution in [2.45, 2.75) is 6.92 Å². The second-order valence-electron chi connectivity index (χ2n) is 5.95. The molecule has 0 unspecified atom stereocenters. The van der Waals surface area contributed by atoms with Crippen molar-refractivity contribution >= 4 is 23.2 Å². The minimum atomic E-state index is -0.393. The molecule has 7 nitrogen and oxygen atoms in total. The first-order valence-corrected chi connectivity index (χ1v) is 8.58. The van der Waals surface area contributed by atoms with Gasteiger partial charge in [0, 0.05) is 5.69 Å². The van der Waals surface area contributed by atoms with Gasteiger partial charge in [-0.3, -0.25) is 9.59 Å². The molecule has 2 aromatic carbocycles. The Kier molecular flexibility index (Phi) is 5.96. The Hall–Kier alpha value is -3.74. The molecule has 3 rings (SSSR count). The maximum Gasteiger partial charge on any atom is 0.291 e. The predicted octanol–water partition coefficient (Wildman–Crippen LogP) is 3.87. The first kappa shape index (κ1) is 19.0. The van der Waals surface area contributed by atoms with Gasteiger partial charge < -0.3 is 24.5 Å². The number of para-hydroxylation sites is 1. The molecular weight excluding hydrogens is 360 g/mol. The van der Waals surface area contributed by atoms with Gasteiger partial charge in [-0.15, -0.1) is 0 Å². The van der Waals surface area contributed by atoms with Crippen LogP contribution in [0.2, 0.25) is 0 Å². The Morgan fingerprint density at radius 3 is 2.54 bits per heavy atom. The number of rotatable bonds is 7. The zero-order valence-electron chi connectivity index (χ0n) is 15.5. The molecule has 0 aliphatic carbocycles. The summed E-state index contributed by atoms with van der Waals surface area (Å²) in [4.78, 5) is 24.4. The average Bonchev–Trinajstić information content (AvgIpc) is 3.23. The summed E-state index contributed by atoms with van der Waals surface area (Å²) in [6.07, 6.45) is 1.42. The number of hydrogen-bond acceptors (Lipinski definition) is 5. The molecule has 0 radical (unpaired) electrons. The van der Waals surface area contributed by atoms with Crippen LogP contribution < -0.4 is 20.1 Å². The lowest BCUT2D eigenvalue weighted by molar-refractivity contribution is -0.118. The zero-order chi connectivity index (χ0) is 19.9. The monoisotopic (exact) mass is 380 g/mol. The standard InChI is InChI=1S/C21H20N2O5/c1-14-6-3-4-7-17(14)28-13-20(24)23-16-12-15(9-10-18(16)26-2)22-21(25)19-8-5-11-27-19/h3-12H,13H2,1-2H3,(H,22,25)(H,23,24). The van der Waals surface area contributed by atoms with E-state index < -0.39 is 5.91 Å². The molecule has 0 spiro atoms. The summed E-state index contributed by atoms with van der Waals surface area (Å²) in [6, 6.07) is 15.5. The van der Waals surface area contributed by atoms with Crippen molar-refractivity contribution in [3.05, 3.63) is 72.2 Å². The van der Waals surface area contributed by atoms with Gasteiger partial charge in [0.2, 0.25) is 0 Å². The summed E-state index contributed by atoms with van der Waals surface area (Å²) >= 11 is 0. The number of methoxy groups -OCH3 is 1. The van der Waals surface area contributed by atoms with Gasteiger partial charge in [-0.2, -0.15) is 0 Å². The van der Waals surface area contributed by atoms with Crippen LogP contribution in [-0.4, -0.2) is 25.5 Å². The van der Waals surface area contributed by atoms with Crippen molar-refractivity contribution in [1.29, 1.82) is 0 Å². The van der Waals surface area contributed by atoms with Gasteiger partial charge in [0.15, 0.2) is 12.4 Å². The van der Waals surface area contributed by atoms with Crippen LogP contribution in [0.4, 0.5) is 11.4 Å². The zero-order valence-corrected chi connectivity index (χ0v) is 15.5. The van der Waals surface area contributed by atoms with Crippen LogP contribution in [0.5, 0.6) is 11.5 Å². The SMILES string of the molecule is COc1ccc(NC(=O)c2ccco2)cc1NC(=O)COc1ccccc1C. The molecule has 144 valence electrons. The molecular formula is C21H20N2O5. The number of aryl methyl sites for hydroxylation is 1. The lowest BCUT2D eigenvalue weighted by Crippen LogP contribution is -2.21. The molecule has 3 aromatic rings. The second kappa shape index (κ2) is 8.77. The quantitative estimate of drug-likeness (QED) is 0.649. The average molecular weight is 380 g/mol. The van der Waals surface area contributed by atoms with Crippen LogP contribution in [0.3, 0.4) is 0 Å². The van der Waals surface area contributed by atoms with Crippen LogP contribution in [0.1, 0.15) is 16.1 Å². The minimum Gasteiger partial charge on any atom is -0.495 e. The van der Waals surface area contributed by atoms with E-state index >= 15 is 0 Å². The van der Waals surface area contributed by atoms with Gasteiger partial charge in [-0.25, -0.2) is 0 Å². The molecule has 0 saturated heterocycles. The first-order chi connectivity index (χ1) is 13.6. The number of amides is 2. The van der Waals surface area contributed by atoms with Gasteiger partial charge in [0.25, 0.3) is 11.8 Å². The van der Waals surface area contributed by atoms with Crippen molar-refractivity contribution in [2.75, 3.05) is 24.4 Å². The fourth-order valence-electron chi connectivity index (χ4n) is 2.53. The Bertz CT molecular complexity index is 967. The summed E-state index contributed by atoms with van der Waals surface area (Å²) in [5.74, 6) is 0.545. The van der Waals surface area contributed by atoms with Gasteiger partial charge in [-0.1, -0.05) is 18.2 Å². The van der Waals surface area contributed by atoms with E-state index in [0.717, 1.165) is 5.56 Å². The first-order valence-electron chi connectivity index (χ1n) is 8.58. The van der Waals surface area contributed by atoms with Crippen LogP contribution in [0, 0.1) is 6.92 Å². The van der Waals surface area contributed by atoms with E-state index in [0.29, 0.717) is 22.9 Å². The third-order valence-corrected chi connectivity index (χ3v) is 3.93. The number of carbonyl (C=O) groups is 2. The Morgan fingerprint density at radius 2 is 1.82 bits per heavy atom. The highest BCUT2D eigenvalue weighted by atomic mass is 16.5. The van der Waals surface area contributed by atoms with Crippen molar-refractivity contribution in [3.63, 3.8) is 0 Å². The molecule has 7 heteroatoms. The molecule has 28 heavy (non-hydrogen) atoms. The maximum absolute atomic E-state index is 12.3. The highest BCUT2D eigenvalue weighted by Gasteiger charge is 2.13. The third-order valence-electron chi connectivity index (χ3n) is 3.93. The predicted molar refractivity (Wildman–Crippen MR) is 105 cm³/mol. The lowest BCUT2D eigenvalue weighted by atomic mass is 10.2. The van der Waals surface area contributed by atoms with E-state index in [-0.39, 0.29) is 18.3 Å². The van der Waals surface area contributed by atoms with Crippen LogP contribution in [-0.2, 0) is 4.79 Å². The Balaban J connectivity index is 1.67. The van der Waals surface area contributed by atoms with Crippen LogP contribution in [0.25, 0.3) is 0 Å². The van der Waals surface area contributed by atoms with E-state index in [1.54, 1.807) is 36.4 Å². The topological polar surface area (TPSA) is 89.8 Å². The van der Waals surface area contributed by atoms with E-state index in [4.69, 9.17) is 13.9 Å². The van der Waals surface area contributed by atoms with Gasteiger partial charge in [-0.05, 0) is 48.9 Å². The number of carbonyl (C=O) groups excluding carboxylic acids is 2. The summed E-state index contributed by atoms with van der Waals surface area (Å²) < 4.78 is 15.9. The summed E-state index contributed by atoms with van der Waals surface area (Å²) in [7, 11) is 1.50. The fourth-order valence-corrected chi connectivity index (χ4v) is 2.53. The second-order valence-corrected chi connectivity index (χ2v) is 5.95. The number of hydrogen-bond donors (Lipinski definition) is 2. The Morgan fingerprint density at radius 1 is 1.00 bits per heavy atom. The van der Waals surface area contributed by atoms with E-state index in [9.17, 15) is 9.59 Å². The van der Waals surface area contributed by atoms with Crippen LogP contribution in [0.15, 0.2) is 65.3 Å². The third kappa shape index (κ3) is 4.70.